The summed E-state index contributed by atoms with van der Waals surface area (Å²) < 4.78 is 0. The number of aromatic nitrogens is 2. The molecule has 0 radical (unpaired) electrons. The zero-order valence-electron chi connectivity index (χ0n) is 7.93. The van der Waals surface area contributed by atoms with E-state index in [9.17, 15) is 14.4 Å². The first kappa shape index (κ1) is 10.0. The van der Waals surface area contributed by atoms with Crippen LogP contribution in [0.2, 0.25) is 0 Å². The molecule has 0 unspecified atom stereocenters. The number of nitrogens with one attached hydrogen (secondary N) is 1. The fourth-order valence-electron chi connectivity index (χ4n) is 1.41. The van der Waals surface area contributed by atoms with Gasteiger partial charge in [0.05, 0.1) is 5.57 Å². The minimum absolute atomic E-state index is 0.0834. The van der Waals surface area contributed by atoms with E-state index < -0.39 is 23.1 Å². The summed E-state index contributed by atoms with van der Waals surface area (Å²) in [6.45, 7) is 0. The van der Waals surface area contributed by atoms with Crippen molar-refractivity contribution in [3.8, 4) is 0 Å². The lowest BCUT2D eigenvalue weighted by molar-refractivity contribution is -0.134. The van der Waals surface area contributed by atoms with Crippen molar-refractivity contribution in [3.63, 3.8) is 0 Å². The molecule has 1 aromatic rings. The van der Waals surface area contributed by atoms with E-state index in [2.05, 4.69) is 9.97 Å². The number of aromatic amines is 1. The van der Waals surface area contributed by atoms with Crippen molar-refractivity contribution in [1.82, 2.24) is 9.97 Å². The summed E-state index contributed by atoms with van der Waals surface area (Å²) in [6.07, 6.45) is 4.79. The summed E-state index contributed by atoms with van der Waals surface area (Å²) in [6, 6.07) is 0. The summed E-state index contributed by atoms with van der Waals surface area (Å²) in [5, 5.41) is 8.89. The van der Waals surface area contributed by atoms with Crippen LogP contribution in [0.15, 0.2) is 30.1 Å². The third kappa shape index (κ3) is 1.46. The van der Waals surface area contributed by atoms with E-state index in [1.165, 1.54) is 12.4 Å². The largest absolute Gasteiger partial charge is 0.478 e. The van der Waals surface area contributed by atoms with Crippen LogP contribution < -0.4 is 0 Å². The van der Waals surface area contributed by atoms with E-state index in [4.69, 9.17) is 5.11 Å². The predicted octanol–water partition coefficient (Wildman–Crippen LogP) is -0.0441. The molecule has 0 saturated carbocycles. The zero-order valence-corrected chi connectivity index (χ0v) is 7.93. The summed E-state index contributed by atoms with van der Waals surface area (Å²) >= 11 is 0. The van der Waals surface area contributed by atoms with E-state index in [0.717, 1.165) is 12.2 Å². The van der Waals surface area contributed by atoms with Crippen molar-refractivity contribution in [2.45, 2.75) is 0 Å². The van der Waals surface area contributed by atoms with Crippen LogP contribution >= 0.6 is 0 Å². The molecule has 16 heavy (non-hydrogen) atoms. The highest BCUT2D eigenvalue weighted by Gasteiger charge is 2.30. The van der Waals surface area contributed by atoms with Crippen molar-refractivity contribution < 1.29 is 19.5 Å². The summed E-state index contributed by atoms with van der Waals surface area (Å²) in [5.41, 5.74) is -0.757. The van der Waals surface area contributed by atoms with Crippen molar-refractivity contribution >= 4 is 23.1 Å². The van der Waals surface area contributed by atoms with Gasteiger partial charge in [-0.25, -0.2) is 9.78 Å². The van der Waals surface area contributed by atoms with Crippen molar-refractivity contribution in [1.29, 1.82) is 0 Å². The number of allylic oxidation sites excluding steroid dienone is 3. The Kier molecular flexibility index (Phi) is 2.24. The van der Waals surface area contributed by atoms with Gasteiger partial charge in [-0.3, -0.25) is 9.59 Å². The van der Waals surface area contributed by atoms with E-state index >= 15 is 0 Å². The molecule has 0 saturated heterocycles. The molecular formula is C10H6N2O4. The smallest absolute Gasteiger partial charge is 0.340 e. The molecule has 2 rings (SSSR count). The van der Waals surface area contributed by atoms with Gasteiger partial charge in [0, 0.05) is 12.4 Å². The van der Waals surface area contributed by atoms with E-state index in [1.807, 2.05) is 0 Å². The maximum Gasteiger partial charge on any atom is 0.340 e. The van der Waals surface area contributed by atoms with Gasteiger partial charge in [-0.15, -0.1) is 0 Å². The van der Waals surface area contributed by atoms with Gasteiger partial charge in [-0.1, -0.05) is 0 Å². The van der Waals surface area contributed by atoms with Gasteiger partial charge in [0.15, 0.2) is 11.6 Å². The van der Waals surface area contributed by atoms with Gasteiger partial charge in [0.25, 0.3) is 0 Å². The van der Waals surface area contributed by atoms with Gasteiger partial charge in [-0.2, -0.15) is 0 Å². The highest BCUT2D eigenvalue weighted by molar-refractivity contribution is 6.42. The van der Waals surface area contributed by atoms with E-state index in [0.29, 0.717) is 0 Å². The molecule has 0 amide bonds. The lowest BCUT2D eigenvalue weighted by Gasteiger charge is -2.08. The zero-order chi connectivity index (χ0) is 11.7. The lowest BCUT2D eigenvalue weighted by atomic mass is 9.94. The Bertz CT molecular complexity index is 537. The molecule has 1 aromatic heterocycles. The fraction of sp³-hybridized carbons (Fsp3) is 0. The number of rotatable bonds is 2. The van der Waals surface area contributed by atoms with Crippen LogP contribution in [-0.2, 0) is 14.4 Å². The Morgan fingerprint density at radius 2 is 1.94 bits per heavy atom. The molecule has 6 heteroatoms. The maximum atomic E-state index is 11.5. The van der Waals surface area contributed by atoms with E-state index in [-0.39, 0.29) is 11.4 Å². The van der Waals surface area contributed by atoms with Crippen LogP contribution in [-0.4, -0.2) is 32.6 Å². The monoisotopic (exact) mass is 218 g/mol. The van der Waals surface area contributed by atoms with Gasteiger partial charge in [-0.05, 0) is 12.2 Å². The minimum Gasteiger partial charge on any atom is -0.478 e. The lowest BCUT2D eigenvalue weighted by Crippen LogP contribution is -2.20. The second-order valence-electron chi connectivity index (χ2n) is 3.05. The molecule has 1 aliphatic carbocycles. The molecule has 1 heterocycles. The van der Waals surface area contributed by atoms with Crippen molar-refractivity contribution in [2.75, 3.05) is 0 Å². The number of nitrogens with zero attached hydrogens (tertiary/aromatic N) is 1. The number of carboxylic acids is 1. The van der Waals surface area contributed by atoms with Crippen LogP contribution in [0.3, 0.4) is 0 Å². The highest BCUT2D eigenvalue weighted by atomic mass is 16.4. The number of carboxylic acid groups (broad SMARTS) is 1. The van der Waals surface area contributed by atoms with Gasteiger partial charge < -0.3 is 10.1 Å². The average Bonchev–Trinajstić information content (AvgIpc) is 2.73. The van der Waals surface area contributed by atoms with Crippen molar-refractivity contribution in [3.05, 3.63) is 35.9 Å². The number of carbonyl (C=O) groups excluding carboxylic acids is 2. The number of carbonyl (C=O) groups is 3. The first-order valence-corrected chi connectivity index (χ1v) is 4.35. The second kappa shape index (κ2) is 3.58. The number of hydrogen-bond donors (Lipinski definition) is 2. The second-order valence-corrected chi connectivity index (χ2v) is 3.05. The molecule has 2 N–H and O–H groups in total. The quantitative estimate of drug-likeness (QED) is 0.535. The number of ketones is 2. The topological polar surface area (TPSA) is 100 Å². The number of hydrogen-bond acceptors (Lipinski definition) is 4. The Morgan fingerprint density at radius 3 is 2.50 bits per heavy atom. The average molecular weight is 218 g/mol. The molecule has 80 valence electrons. The minimum atomic E-state index is -1.44. The first-order valence-electron chi connectivity index (χ1n) is 4.35. The number of imidazole rings is 1. The molecule has 0 aliphatic heterocycles. The fourth-order valence-corrected chi connectivity index (χ4v) is 1.41. The van der Waals surface area contributed by atoms with Gasteiger partial charge >= 0.3 is 5.97 Å². The van der Waals surface area contributed by atoms with E-state index in [1.54, 1.807) is 0 Å². The predicted molar refractivity (Wildman–Crippen MR) is 52.3 cm³/mol. The molecule has 6 nitrogen and oxygen atoms in total. The van der Waals surface area contributed by atoms with Crippen LogP contribution in [0.4, 0.5) is 0 Å². The first-order chi connectivity index (χ1) is 7.61. The van der Waals surface area contributed by atoms with Gasteiger partial charge in [0.1, 0.15) is 11.4 Å². The highest BCUT2D eigenvalue weighted by Crippen LogP contribution is 2.22. The third-order valence-electron chi connectivity index (χ3n) is 2.08. The van der Waals surface area contributed by atoms with Crippen LogP contribution in [0.5, 0.6) is 0 Å². The normalized spacial score (nSPS) is 15.8. The Morgan fingerprint density at radius 1 is 1.25 bits per heavy atom. The van der Waals surface area contributed by atoms with Crippen LogP contribution in [0.1, 0.15) is 5.82 Å². The molecule has 0 atom stereocenters. The molecule has 1 aliphatic rings. The number of H-pyrrole nitrogens is 1. The molecule has 0 fully saturated rings. The van der Waals surface area contributed by atoms with Crippen LogP contribution in [0.25, 0.3) is 5.57 Å². The number of aliphatic carboxylic acids is 1. The van der Waals surface area contributed by atoms with Crippen LogP contribution in [0, 0.1) is 0 Å². The Balaban J connectivity index is 2.67. The standard InChI is InChI=1S/C10H6N2O4/c13-5-1-2-6(14)8(10(15)16)7(5)9-11-3-4-12-9/h1-4H,(H,11,12)(H,15,16). The third-order valence-corrected chi connectivity index (χ3v) is 2.08. The summed E-state index contributed by atoms with van der Waals surface area (Å²) in [5.74, 6) is -2.61. The maximum absolute atomic E-state index is 11.5. The van der Waals surface area contributed by atoms with Gasteiger partial charge in [0.2, 0.25) is 0 Å². The molecular weight excluding hydrogens is 212 g/mol. The van der Waals surface area contributed by atoms with Crippen molar-refractivity contribution in [2.24, 2.45) is 0 Å². The summed E-state index contributed by atoms with van der Waals surface area (Å²) in [4.78, 5) is 40.2. The Hall–Kier alpha value is -2.50. The Labute approximate surface area is 89.3 Å². The molecule has 0 aromatic carbocycles. The molecule has 0 spiro atoms. The summed E-state index contributed by atoms with van der Waals surface area (Å²) in [7, 11) is 0. The SMILES string of the molecule is O=C(O)C1=C(c2ncc[nH]2)C(=O)C=CC1=O. The molecule has 0 bridgehead atoms.